The highest BCUT2D eigenvalue weighted by molar-refractivity contribution is 5.95. The van der Waals surface area contributed by atoms with Crippen LogP contribution in [-0.4, -0.2) is 30.0 Å². The summed E-state index contributed by atoms with van der Waals surface area (Å²) in [7, 11) is 1.66. The van der Waals surface area contributed by atoms with Crippen LogP contribution in [0.2, 0.25) is 0 Å². The molecule has 2 bridgehead atoms. The Kier molecular flexibility index (Phi) is 4.67. The van der Waals surface area contributed by atoms with Crippen molar-refractivity contribution in [2.45, 2.75) is 57.5 Å². The second-order valence-electron chi connectivity index (χ2n) is 7.96. The summed E-state index contributed by atoms with van der Waals surface area (Å²) in [5.41, 5.74) is 3.93. The van der Waals surface area contributed by atoms with E-state index in [9.17, 15) is 9.18 Å². The molecule has 2 heterocycles. The SMILES string of the molecule is COc1c(C)cc(C(=O)N2C3CCC2CC(c2ccc(F)cc2)C3)cc1C. The zero-order valence-electron chi connectivity index (χ0n) is 16.2. The fraction of sp³-hybridized carbons (Fsp3) is 0.435. The van der Waals surface area contributed by atoms with Crippen LogP contribution >= 0.6 is 0 Å². The van der Waals surface area contributed by atoms with Gasteiger partial charge in [-0.05, 0) is 86.4 Å². The summed E-state index contributed by atoms with van der Waals surface area (Å²) in [6.45, 7) is 3.97. The fourth-order valence-electron chi connectivity index (χ4n) is 5.06. The first kappa shape index (κ1) is 18.0. The molecule has 0 radical (unpaired) electrons. The second-order valence-corrected chi connectivity index (χ2v) is 7.96. The minimum atomic E-state index is -0.195. The molecule has 1 amide bonds. The molecule has 0 aromatic heterocycles. The fourth-order valence-corrected chi connectivity index (χ4v) is 5.06. The number of aryl methyl sites for hydroxylation is 2. The van der Waals surface area contributed by atoms with E-state index in [1.165, 1.54) is 17.7 Å². The number of carbonyl (C=O) groups is 1. The number of rotatable bonds is 3. The Hall–Kier alpha value is -2.36. The Bertz CT molecular complexity index is 824. The van der Waals surface area contributed by atoms with Crippen LogP contribution < -0.4 is 4.74 Å². The molecule has 0 saturated carbocycles. The molecule has 2 aromatic rings. The summed E-state index contributed by atoms with van der Waals surface area (Å²) in [5, 5.41) is 0. The summed E-state index contributed by atoms with van der Waals surface area (Å²) >= 11 is 0. The van der Waals surface area contributed by atoms with Crippen molar-refractivity contribution in [3.05, 3.63) is 64.5 Å². The summed E-state index contributed by atoms with van der Waals surface area (Å²) in [6.07, 6.45) is 4.04. The van der Waals surface area contributed by atoms with Gasteiger partial charge in [0.2, 0.25) is 0 Å². The lowest BCUT2D eigenvalue weighted by Gasteiger charge is -2.39. The average Bonchev–Trinajstić information content (AvgIpc) is 2.91. The van der Waals surface area contributed by atoms with Crippen molar-refractivity contribution in [1.29, 1.82) is 0 Å². The third-order valence-corrected chi connectivity index (χ3v) is 6.22. The van der Waals surface area contributed by atoms with Gasteiger partial charge in [0.1, 0.15) is 11.6 Å². The topological polar surface area (TPSA) is 29.5 Å². The third kappa shape index (κ3) is 3.22. The summed E-state index contributed by atoms with van der Waals surface area (Å²) in [4.78, 5) is 15.4. The van der Waals surface area contributed by atoms with Crippen LogP contribution in [0.1, 0.15) is 58.6 Å². The van der Waals surface area contributed by atoms with Gasteiger partial charge in [-0.3, -0.25) is 4.79 Å². The van der Waals surface area contributed by atoms with Crippen LogP contribution in [0.5, 0.6) is 5.75 Å². The van der Waals surface area contributed by atoms with E-state index in [1.54, 1.807) is 7.11 Å². The Morgan fingerprint density at radius 2 is 1.59 bits per heavy atom. The van der Waals surface area contributed by atoms with Gasteiger partial charge in [0.25, 0.3) is 5.91 Å². The number of piperidine rings is 1. The molecule has 0 spiro atoms. The first-order valence-corrected chi connectivity index (χ1v) is 9.71. The number of amides is 1. The van der Waals surface area contributed by atoms with Gasteiger partial charge in [-0.25, -0.2) is 4.39 Å². The average molecular weight is 367 g/mol. The van der Waals surface area contributed by atoms with E-state index in [0.717, 1.165) is 48.1 Å². The van der Waals surface area contributed by atoms with E-state index in [0.29, 0.717) is 5.92 Å². The number of methoxy groups -OCH3 is 1. The van der Waals surface area contributed by atoms with E-state index >= 15 is 0 Å². The molecule has 2 aliphatic heterocycles. The van der Waals surface area contributed by atoms with E-state index in [-0.39, 0.29) is 23.8 Å². The molecule has 142 valence electrons. The van der Waals surface area contributed by atoms with Crippen LogP contribution in [0.3, 0.4) is 0 Å². The number of hydrogen-bond donors (Lipinski definition) is 0. The van der Waals surface area contributed by atoms with Crippen LogP contribution in [0, 0.1) is 19.7 Å². The largest absolute Gasteiger partial charge is 0.496 e. The maximum atomic E-state index is 13.3. The summed E-state index contributed by atoms with van der Waals surface area (Å²) in [5.74, 6) is 1.20. The third-order valence-electron chi connectivity index (χ3n) is 6.22. The van der Waals surface area contributed by atoms with Crippen molar-refractivity contribution in [3.8, 4) is 5.75 Å². The molecule has 0 aliphatic carbocycles. The van der Waals surface area contributed by atoms with Crippen molar-refractivity contribution in [2.24, 2.45) is 0 Å². The van der Waals surface area contributed by atoms with Crippen LogP contribution in [0.15, 0.2) is 36.4 Å². The summed E-state index contributed by atoms with van der Waals surface area (Å²) < 4.78 is 18.7. The van der Waals surface area contributed by atoms with Gasteiger partial charge in [-0.2, -0.15) is 0 Å². The molecular weight excluding hydrogens is 341 g/mol. The molecule has 2 saturated heterocycles. The quantitative estimate of drug-likeness (QED) is 0.764. The lowest BCUT2D eigenvalue weighted by molar-refractivity contribution is 0.0571. The Morgan fingerprint density at radius 1 is 1.04 bits per heavy atom. The maximum Gasteiger partial charge on any atom is 0.254 e. The van der Waals surface area contributed by atoms with Crippen molar-refractivity contribution in [3.63, 3.8) is 0 Å². The molecule has 2 fully saturated rings. The number of hydrogen-bond acceptors (Lipinski definition) is 2. The van der Waals surface area contributed by atoms with E-state index in [1.807, 2.05) is 38.1 Å². The van der Waals surface area contributed by atoms with Gasteiger partial charge in [-0.1, -0.05) is 12.1 Å². The van der Waals surface area contributed by atoms with E-state index in [2.05, 4.69) is 4.90 Å². The highest BCUT2D eigenvalue weighted by Gasteiger charge is 2.43. The van der Waals surface area contributed by atoms with E-state index < -0.39 is 0 Å². The smallest absolute Gasteiger partial charge is 0.254 e. The van der Waals surface area contributed by atoms with Crippen molar-refractivity contribution in [1.82, 2.24) is 4.90 Å². The van der Waals surface area contributed by atoms with Crippen LogP contribution in [0.4, 0.5) is 4.39 Å². The Balaban J connectivity index is 1.56. The number of fused-ring (bicyclic) bond motifs is 2. The number of nitrogens with zero attached hydrogens (tertiary/aromatic N) is 1. The zero-order chi connectivity index (χ0) is 19.1. The van der Waals surface area contributed by atoms with Gasteiger partial charge >= 0.3 is 0 Å². The first-order chi connectivity index (χ1) is 13.0. The monoisotopic (exact) mass is 367 g/mol. The second kappa shape index (κ2) is 6.99. The molecular formula is C23H26FNO2. The van der Waals surface area contributed by atoms with Crippen molar-refractivity contribution in [2.75, 3.05) is 7.11 Å². The van der Waals surface area contributed by atoms with Crippen LogP contribution in [0.25, 0.3) is 0 Å². The molecule has 2 unspecified atom stereocenters. The van der Waals surface area contributed by atoms with Gasteiger partial charge in [-0.15, -0.1) is 0 Å². The van der Waals surface area contributed by atoms with Gasteiger partial charge in [0.05, 0.1) is 7.11 Å². The predicted octanol–water partition coefficient (Wildman–Crippen LogP) is 5.00. The molecule has 0 N–H and O–H groups in total. The summed E-state index contributed by atoms with van der Waals surface area (Å²) in [6, 6.07) is 11.3. The lowest BCUT2D eigenvalue weighted by atomic mass is 9.84. The number of carbonyl (C=O) groups excluding carboxylic acids is 1. The molecule has 27 heavy (non-hydrogen) atoms. The minimum Gasteiger partial charge on any atom is -0.496 e. The van der Waals surface area contributed by atoms with Gasteiger partial charge in [0, 0.05) is 17.6 Å². The highest BCUT2D eigenvalue weighted by Crippen LogP contribution is 2.44. The lowest BCUT2D eigenvalue weighted by Crippen LogP contribution is -2.46. The normalized spacial score (nSPS) is 24.1. The Morgan fingerprint density at radius 3 is 2.11 bits per heavy atom. The predicted molar refractivity (Wildman–Crippen MR) is 104 cm³/mol. The Labute approximate surface area is 160 Å². The van der Waals surface area contributed by atoms with Crippen molar-refractivity contribution < 1.29 is 13.9 Å². The number of ether oxygens (including phenoxy) is 1. The maximum absolute atomic E-state index is 13.3. The molecule has 2 aromatic carbocycles. The first-order valence-electron chi connectivity index (χ1n) is 9.71. The minimum absolute atomic E-state index is 0.133. The number of halogens is 1. The molecule has 2 aliphatic rings. The van der Waals surface area contributed by atoms with Gasteiger partial charge in [0.15, 0.2) is 0 Å². The zero-order valence-corrected chi connectivity index (χ0v) is 16.2. The number of benzene rings is 2. The van der Waals surface area contributed by atoms with Gasteiger partial charge < -0.3 is 9.64 Å². The molecule has 3 nitrogen and oxygen atoms in total. The molecule has 2 atom stereocenters. The van der Waals surface area contributed by atoms with Crippen molar-refractivity contribution >= 4 is 5.91 Å². The van der Waals surface area contributed by atoms with Crippen LogP contribution in [-0.2, 0) is 0 Å². The molecule has 4 rings (SSSR count). The van der Waals surface area contributed by atoms with E-state index in [4.69, 9.17) is 4.74 Å². The molecule has 4 heteroatoms. The standard InChI is InChI=1S/C23H26FNO2/c1-14-10-18(11-15(2)22(14)27-3)23(26)25-20-8-9-21(25)13-17(12-20)16-4-6-19(24)7-5-16/h4-7,10-11,17,20-21H,8-9,12-13H2,1-3H3. The highest BCUT2D eigenvalue weighted by atomic mass is 19.1.